The lowest BCUT2D eigenvalue weighted by molar-refractivity contribution is 1.31. The smallest absolute Gasteiger partial charge is 0.180 e. The van der Waals surface area contributed by atoms with E-state index in [1.165, 1.54) is 10.5 Å². The second-order valence-corrected chi connectivity index (χ2v) is 2.82. The molecule has 0 saturated heterocycles. The first-order valence-corrected chi connectivity index (χ1v) is 4.16. The molecule has 1 aromatic carbocycles. The zero-order chi connectivity index (χ0) is 6.69. The van der Waals surface area contributed by atoms with E-state index in [1.807, 2.05) is 0 Å². The maximum Gasteiger partial charge on any atom is 0.180 e. The quantitative estimate of drug-likeness (QED) is 0.528. The van der Waals surface area contributed by atoms with Crippen molar-refractivity contribution in [3.8, 4) is 0 Å². The van der Waals surface area contributed by atoms with E-state index in [0.717, 1.165) is 0 Å². The molecule has 0 saturated carbocycles. The van der Waals surface area contributed by atoms with Crippen molar-refractivity contribution in [2.75, 3.05) is 0 Å². The van der Waals surface area contributed by atoms with Crippen LogP contribution in [0.25, 0.3) is 0 Å². The van der Waals surface area contributed by atoms with Crippen LogP contribution in [0.15, 0.2) is 29.2 Å². The zero-order valence-electron chi connectivity index (χ0n) is 5.72. The highest BCUT2D eigenvalue weighted by atomic mass is 32.2. The van der Waals surface area contributed by atoms with Crippen molar-refractivity contribution in [3.05, 3.63) is 29.8 Å². The van der Waals surface area contributed by atoms with E-state index in [0.29, 0.717) is 0 Å². The summed E-state index contributed by atoms with van der Waals surface area (Å²) in [6.07, 6.45) is 0. The molecule has 0 heterocycles. The van der Waals surface area contributed by atoms with Crippen LogP contribution < -0.4 is 0 Å². The minimum Gasteiger partial charge on any atom is -0.186 e. The van der Waals surface area contributed by atoms with Gasteiger partial charge >= 0.3 is 0 Å². The van der Waals surface area contributed by atoms with Crippen molar-refractivity contribution in [3.63, 3.8) is 0 Å². The number of rotatable bonds is 1. The summed E-state index contributed by atoms with van der Waals surface area (Å²) >= 11 is 1.80. The van der Waals surface area contributed by atoms with Gasteiger partial charge in [-0.1, -0.05) is 18.2 Å². The second-order valence-electron chi connectivity index (χ2n) is 1.97. The minimum absolute atomic E-state index is 1.37. The standard InChI is InChI=1S/C7H9BS/c1-6-4-2-3-5-7(6)9-8/h2-5H,8H2,1H3. The van der Waals surface area contributed by atoms with Crippen LogP contribution in [0.1, 0.15) is 5.56 Å². The molecule has 0 atom stereocenters. The fourth-order valence-electron chi connectivity index (χ4n) is 0.785. The van der Waals surface area contributed by atoms with Gasteiger partial charge < -0.3 is 0 Å². The predicted octanol–water partition coefficient (Wildman–Crippen LogP) is 1.64. The molecule has 0 aromatic heterocycles. The van der Waals surface area contributed by atoms with Crippen LogP contribution >= 0.6 is 11.6 Å². The van der Waals surface area contributed by atoms with Crippen LogP contribution in [0, 0.1) is 6.92 Å². The molecular formula is C7H9BS. The van der Waals surface area contributed by atoms with E-state index in [-0.39, 0.29) is 0 Å². The maximum absolute atomic E-state index is 2.14. The number of hydrogen-bond acceptors (Lipinski definition) is 1. The lowest BCUT2D eigenvalue weighted by Gasteiger charge is -1.98. The third-order valence-corrected chi connectivity index (χ3v) is 2.21. The van der Waals surface area contributed by atoms with Gasteiger partial charge in [-0.05, 0) is 23.4 Å². The molecule has 0 bridgehead atoms. The molecule has 0 aliphatic rings. The largest absolute Gasteiger partial charge is 0.186 e. The van der Waals surface area contributed by atoms with E-state index in [2.05, 4.69) is 38.3 Å². The highest BCUT2D eigenvalue weighted by Crippen LogP contribution is 2.17. The van der Waals surface area contributed by atoms with Gasteiger partial charge in [-0.2, -0.15) is 11.6 Å². The summed E-state index contributed by atoms with van der Waals surface area (Å²) in [5.74, 6) is 0. The SMILES string of the molecule is BSc1ccccc1C. The lowest BCUT2D eigenvalue weighted by Crippen LogP contribution is -1.74. The molecule has 0 unspecified atom stereocenters. The van der Waals surface area contributed by atoms with Gasteiger partial charge in [-0.25, -0.2) is 0 Å². The monoisotopic (exact) mass is 136 g/mol. The van der Waals surface area contributed by atoms with Gasteiger partial charge in [0.2, 0.25) is 0 Å². The molecule has 0 spiro atoms. The van der Waals surface area contributed by atoms with E-state index >= 15 is 0 Å². The van der Waals surface area contributed by atoms with E-state index in [1.54, 1.807) is 11.6 Å². The van der Waals surface area contributed by atoms with Gasteiger partial charge in [-0.15, -0.1) is 0 Å². The normalized spacial score (nSPS) is 9.44. The van der Waals surface area contributed by atoms with Crippen molar-refractivity contribution in [2.45, 2.75) is 11.8 Å². The maximum atomic E-state index is 2.14. The summed E-state index contributed by atoms with van der Waals surface area (Å²) in [6, 6.07) is 8.40. The Labute approximate surface area is 61.0 Å². The number of hydrogen-bond donors (Lipinski definition) is 0. The van der Waals surface area contributed by atoms with Gasteiger partial charge in [0.05, 0.1) is 0 Å². The van der Waals surface area contributed by atoms with E-state index in [4.69, 9.17) is 0 Å². The highest BCUT2D eigenvalue weighted by molar-refractivity contribution is 8.19. The fourth-order valence-corrected chi connectivity index (χ4v) is 1.39. The number of aryl methyl sites for hydroxylation is 1. The fraction of sp³-hybridized carbons (Fsp3) is 0.143. The third-order valence-electron chi connectivity index (χ3n) is 1.31. The molecule has 0 N–H and O–H groups in total. The summed E-state index contributed by atoms with van der Waals surface area (Å²) in [5, 5.41) is 0. The molecule has 0 aliphatic heterocycles. The Morgan fingerprint density at radius 2 is 2.00 bits per heavy atom. The minimum atomic E-state index is 1.37. The molecule has 0 nitrogen and oxygen atoms in total. The molecule has 1 rings (SSSR count). The Hall–Kier alpha value is -0.365. The molecule has 9 heavy (non-hydrogen) atoms. The first-order chi connectivity index (χ1) is 4.34. The molecule has 1 aromatic rings. The third kappa shape index (κ3) is 1.52. The zero-order valence-corrected chi connectivity index (χ0v) is 6.53. The van der Waals surface area contributed by atoms with Gasteiger partial charge in [0.1, 0.15) is 0 Å². The topological polar surface area (TPSA) is 0 Å². The van der Waals surface area contributed by atoms with E-state index in [9.17, 15) is 0 Å². The molecule has 2 heteroatoms. The summed E-state index contributed by atoms with van der Waals surface area (Å²) in [6.45, 7) is 2.13. The van der Waals surface area contributed by atoms with Crippen molar-refractivity contribution < 1.29 is 0 Å². The Bertz CT molecular complexity index is 198. The number of benzene rings is 1. The Morgan fingerprint density at radius 3 is 2.44 bits per heavy atom. The summed E-state index contributed by atoms with van der Waals surface area (Å²) in [5.41, 5.74) is 1.37. The average molecular weight is 136 g/mol. The van der Waals surface area contributed by atoms with Gasteiger partial charge in [-0.3, -0.25) is 0 Å². The molecule has 0 amide bonds. The summed E-state index contributed by atoms with van der Waals surface area (Å²) in [4.78, 5) is 1.37. The van der Waals surface area contributed by atoms with Gasteiger partial charge in [0, 0.05) is 0 Å². The lowest BCUT2D eigenvalue weighted by atomic mass is 10.2. The van der Waals surface area contributed by atoms with Crippen molar-refractivity contribution in [1.82, 2.24) is 0 Å². The predicted molar refractivity (Wildman–Crippen MR) is 45.6 cm³/mol. The van der Waals surface area contributed by atoms with Gasteiger partial charge in [0.15, 0.2) is 7.12 Å². The molecular weight excluding hydrogens is 127 g/mol. The van der Waals surface area contributed by atoms with Crippen LogP contribution in [-0.2, 0) is 0 Å². The summed E-state index contributed by atoms with van der Waals surface area (Å²) < 4.78 is 0. The molecule has 0 aliphatic carbocycles. The van der Waals surface area contributed by atoms with Crippen LogP contribution in [0.4, 0.5) is 0 Å². The van der Waals surface area contributed by atoms with Crippen molar-refractivity contribution in [2.24, 2.45) is 0 Å². The van der Waals surface area contributed by atoms with Crippen LogP contribution in [0.2, 0.25) is 0 Å². The Kier molecular flexibility index (Phi) is 2.23. The first kappa shape index (κ1) is 6.75. The van der Waals surface area contributed by atoms with Crippen molar-refractivity contribution >= 4 is 18.7 Å². The Morgan fingerprint density at radius 1 is 1.33 bits per heavy atom. The van der Waals surface area contributed by atoms with Gasteiger partial charge in [0.25, 0.3) is 0 Å². The molecule has 46 valence electrons. The van der Waals surface area contributed by atoms with Crippen LogP contribution in [-0.4, -0.2) is 7.12 Å². The molecule has 0 radical (unpaired) electrons. The van der Waals surface area contributed by atoms with Crippen LogP contribution in [0.5, 0.6) is 0 Å². The average Bonchev–Trinajstić information content (AvgIpc) is 1.89. The van der Waals surface area contributed by atoms with Crippen molar-refractivity contribution in [1.29, 1.82) is 0 Å². The second kappa shape index (κ2) is 2.97. The van der Waals surface area contributed by atoms with E-state index < -0.39 is 0 Å². The summed E-state index contributed by atoms with van der Waals surface area (Å²) in [7, 11) is 2.10. The first-order valence-electron chi connectivity index (χ1n) is 2.94. The molecule has 0 fully saturated rings. The highest BCUT2D eigenvalue weighted by Gasteiger charge is 1.89. The van der Waals surface area contributed by atoms with Crippen LogP contribution in [0.3, 0.4) is 0 Å². The Balaban J connectivity index is 3.01.